The molecule has 0 saturated heterocycles. The Labute approximate surface area is 375 Å². The third-order valence-corrected chi connectivity index (χ3v) is 15.1. The van der Waals surface area contributed by atoms with Crippen LogP contribution in [0.4, 0.5) is 17.1 Å². The van der Waals surface area contributed by atoms with Crippen LogP contribution in [0.3, 0.4) is 0 Å². The molecule has 1 aliphatic heterocycles. The van der Waals surface area contributed by atoms with E-state index in [1.807, 2.05) is 11.3 Å². The van der Waals surface area contributed by atoms with Gasteiger partial charge in [-0.15, -0.1) is 11.3 Å². The van der Waals surface area contributed by atoms with Crippen LogP contribution in [0.25, 0.3) is 75.8 Å². The number of fused-ring (bicyclic) bond motifs is 21. The molecule has 0 N–H and O–H groups in total. The summed E-state index contributed by atoms with van der Waals surface area (Å²) in [4.78, 5) is 2.39. The molecular formula is C61H37NOS. The van der Waals surface area contributed by atoms with E-state index in [1.54, 1.807) is 0 Å². The first-order valence-corrected chi connectivity index (χ1v) is 22.8. The molecule has 11 aromatic rings. The molecule has 0 amide bonds. The number of benzene rings is 10. The summed E-state index contributed by atoms with van der Waals surface area (Å²) in [5.41, 5.74) is 19.8. The maximum absolute atomic E-state index is 7.14. The van der Waals surface area contributed by atoms with Gasteiger partial charge in [0.15, 0.2) is 5.75 Å². The first-order valence-electron chi connectivity index (χ1n) is 22.0. The molecule has 1 unspecified atom stereocenters. The summed E-state index contributed by atoms with van der Waals surface area (Å²) in [6.45, 7) is 0. The van der Waals surface area contributed by atoms with E-state index in [-0.39, 0.29) is 0 Å². The molecule has 10 aromatic carbocycles. The van der Waals surface area contributed by atoms with Crippen LogP contribution in [0.1, 0.15) is 22.3 Å². The van der Waals surface area contributed by atoms with Gasteiger partial charge in [0.2, 0.25) is 0 Å². The van der Waals surface area contributed by atoms with E-state index >= 15 is 0 Å². The molecule has 14 rings (SSSR count). The molecule has 298 valence electrons. The van der Waals surface area contributed by atoms with Gasteiger partial charge in [-0.25, -0.2) is 0 Å². The Morgan fingerprint density at radius 1 is 0.359 bits per heavy atom. The van der Waals surface area contributed by atoms with Gasteiger partial charge in [-0.2, -0.15) is 0 Å². The predicted octanol–water partition coefficient (Wildman–Crippen LogP) is 17.0. The van der Waals surface area contributed by atoms with E-state index in [2.05, 4.69) is 229 Å². The Hall–Kier alpha value is -7.98. The van der Waals surface area contributed by atoms with Crippen molar-refractivity contribution in [1.82, 2.24) is 0 Å². The Morgan fingerprint density at radius 2 is 0.922 bits per heavy atom. The number of hydrogen-bond acceptors (Lipinski definition) is 3. The molecule has 3 aliphatic rings. The summed E-state index contributed by atoms with van der Waals surface area (Å²) in [5.74, 6) is 1.67. The Bertz CT molecular complexity index is 3730. The fraction of sp³-hybridized carbons (Fsp3) is 0.0164. The van der Waals surface area contributed by atoms with Crippen LogP contribution in [-0.2, 0) is 5.41 Å². The molecule has 64 heavy (non-hydrogen) atoms. The molecular weight excluding hydrogens is 795 g/mol. The summed E-state index contributed by atoms with van der Waals surface area (Å²) in [5, 5.41) is 2.64. The van der Waals surface area contributed by atoms with Crippen LogP contribution in [0.15, 0.2) is 224 Å². The van der Waals surface area contributed by atoms with Crippen LogP contribution >= 0.6 is 11.3 Å². The Kier molecular flexibility index (Phi) is 7.51. The van der Waals surface area contributed by atoms with Gasteiger partial charge in [-0.05, 0) is 104 Å². The lowest BCUT2D eigenvalue weighted by Crippen LogP contribution is -2.29. The molecule has 0 fully saturated rings. The monoisotopic (exact) mass is 831 g/mol. The third-order valence-electron chi connectivity index (χ3n) is 13.9. The summed E-state index contributed by atoms with van der Waals surface area (Å²) >= 11 is 1.92. The van der Waals surface area contributed by atoms with Crippen LogP contribution in [0, 0.1) is 0 Å². The molecule has 1 spiro atoms. The average molecular weight is 832 g/mol. The van der Waals surface area contributed by atoms with Crippen molar-refractivity contribution < 1.29 is 4.74 Å². The molecule has 0 bridgehead atoms. The fourth-order valence-electron chi connectivity index (χ4n) is 11.4. The summed E-state index contributed by atoms with van der Waals surface area (Å²) in [6, 6.07) is 82.7. The highest BCUT2D eigenvalue weighted by atomic mass is 32.1. The minimum Gasteiger partial charge on any atom is -0.454 e. The van der Waals surface area contributed by atoms with Gasteiger partial charge in [0, 0.05) is 48.2 Å². The van der Waals surface area contributed by atoms with Crippen molar-refractivity contribution in [2.45, 2.75) is 5.41 Å². The number of para-hydroxylation sites is 3. The smallest absolute Gasteiger partial charge is 0.159 e. The lowest BCUT2D eigenvalue weighted by Gasteiger charge is -2.36. The number of hydrogen-bond donors (Lipinski definition) is 0. The lowest BCUT2D eigenvalue weighted by molar-refractivity contribution is 0.489. The van der Waals surface area contributed by atoms with Crippen LogP contribution in [-0.4, -0.2) is 0 Å². The maximum Gasteiger partial charge on any atom is 0.159 e. The van der Waals surface area contributed by atoms with E-state index in [1.165, 1.54) is 75.8 Å². The first-order chi connectivity index (χ1) is 31.8. The van der Waals surface area contributed by atoms with Gasteiger partial charge >= 0.3 is 0 Å². The highest BCUT2D eigenvalue weighted by Crippen LogP contribution is 2.64. The topological polar surface area (TPSA) is 12.5 Å². The maximum atomic E-state index is 7.14. The lowest BCUT2D eigenvalue weighted by atomic mass is 9.66. The molecule has 2 heterocycles. The average Bonchev–Trinajstić information content (AvgIpc) is 3.80. The van der Waals surface area contributed by atoms with E-state index < -0.39 is 5.41 Å². The Morgan fingerprint density at radius 3 is 1.72 bits per heavy atom. The van der Waals surface area contributed by atoms with Crippen molar-refractivity contribution >= 4 is 48.6 Å². The van der Waals surface area contributed by atoms with Crippen LogP contribution < -0.4 is 9.64 Å². The highest BCUT2D eigenvalue weighted by molar-refractivity contribution is 7.26. The number of ether oxygens (including phenoxy) is 1. The quantitative estimate of drug-likeness (QED) is 0.176. The van der Waals surface area contributed by atoms with E-state index in [4.69, 9.17) is 4.74 Å². The van der Waals surface area contributed by atoms with Crippen molar-refractivity contribution in [3.63, 3.8) is 0 Å². The van der Waals surface area contributed by atoms with E-state index in [0.717, 1.165) is 50.8 Å². The molecule has 1 aromatic heterocycles. The summed E-state index contributed by atoms with van der Waals surface area (Å²) in [6.07, 6.45) is 0. The minimum atomic E-state index is -0.599. The zero-order chi connectivity index (χ0) is 41.9. The highest BCUT2D eigenvalue weighted by Gasteiger charge is 2.50. The number of anilines is 3. The van der Waals surface area contributed by atoms with E-state index in [9.17, 15) is 0 Å². The van der Waals surface area contributed by atoms with Crippen LogP contribution in [0.5, 0.6) is 11.5 Å². The zero-order valence-electron chi connectivity index (χ0n) is 34.6. The van der Waals surface area contributed by atoms with Gasteiger partial charge in [-0.1, -0.05) is 182 Å². The molecule has 2 nitrogen and oxygen atoms in total. The van der Waals surface area contributed by atoms with Crippen molar-refractivity contribution in [2.24, 2.45) is 0 Å². The summed E-state index contributed by atoms with van der Waals surface area (Å²) in [7, 11) is 0. The number of rotatable bonds is 3. The van der Waals surface area contributed by atoms with Crippen molar-refractivity contribution in [3.8, 4) is 67.1 Å². The SMILES string of the molecule is c1ccc(N(c2ccc3c(c2)-c2ccccc2-c2ccccc2C32c3ccccc3-c3c2ccc2c3sc3ccccc32)c2cccc3c2Oc2ccccc2-c2ccccc2-3)cc1. The summed E-state index contributed by atoms with van der Waals surface area (Å²) < 4.78 is 9.81. The molecule has 0 saturated carbocycles. The van der Waals surface area contributed by atoms with Crippen LogP contribution in [0.2, 0.25) is 0 Å². The number of nitrogens with zero attached hydrogens (tertiary/aromatic N) is 1. The van der Waals surface area contributed by atoms with Gasteiger partial charge in [0.05, 0.1) is 11.1 Å². The zero-order valence-corrected chi connectivity index (χ0v) is 35.4. The number of thiophene rings is 1. The molecule has 2 aliphatic carbocycles. The van der Waals surface area contributed by atoms with E-state index in [0.29, 0.717) is 0 Å². The standard InChI is InChI=1S/C61H37NOS/c1-2-17-38(18-3-1)62(55-30-16-27-47-42-21-6-5-20-41(42)45-24-10-14-31-56(45)63-59(47)55)39-33-35-53-50(37-39)43-22-7-4-19-40(43)44-23-8-12-28-51(44)61(53)52-29-13-9-26-49(52)58-54(61)36-34-48-46-25-11-15-32-57(46)64-60(48)58/h1-37H. The predicted molar refractivity (Wildman–Crippen MR) is 267 cm³/mol. The first kappa shape index (κ1) is 35.6. The second-order valence-corrected chi connectivity index (χ2v) is 18.1. The second kappa shape index (κ2) is 13.5. The largest absolute Gasteiger partial charge is 0.454 e. The van der Waals surface area contributed by atoms with Crippen molar-refractivity contribution in [1.29, 1.82) is 0 Å². The normalized spacial score (nSPS) is 14.8. The van der Waals surface area contributed by atoms with Gasteiger partial charge < -0.3 is 9.64 Å². The van der Waals surface area contributed by atoms with Gasteiger partial charge in [0.1, 0.15) is 5.75 Å². The second-order valence-electron chi connectivity index (χ2n) is 17.0. The van der Waals surface area contributed by atoms with Gasteiger partial charge in [0.25, 0.3) is 0 Å². The minimum absolute atomic E-state index is 0.599. The fourth-order valence-corrected chi connectivity index (χ4v) is 12.6. The van der Waals surface area contributed by atoms with Gasteiger partial charge in [-0.3, -0.25) is 0 Å². The van der Waals surface area contributed by atoms with Crippen molar-refractivity contribution in [2.75, 3.05) is 4.90 Å². The molecule has 1 atom stereocenters. The third kappa shape index (κ3) is 4.79. The Balaban J connectivity index is 1.08. The molecule has 3 heteroatoms. The van der Waals surface area contributed by atoms with Crippen molar-refractivity contribution in [3.05, 3.63) is 247 Å². The molecule has 0 radical (unpaired) electrons.